The number of nitrogens with zero attached hydrogens (tertiary/aromatic N) is 2. The molecule has 144 valence electrons. The van der Waals surface area contributed by atoms with Crippen molar-refractivity contribution in [3.05, 3.63) is 28.8 Å². The molecule has 1 unspecified atom stereocenters. The average molecular weight is 380 g/mol. The molecule has 1 aromatic rings. The molecule has 1 aliphatic carbocycles. The quantitative estimate of drug-likeness (QED) is 0.439. The SMILES string of the molecule is Cc1ccc(Cl)cc1OCC(C)(CC1CCCCC1)N=C(N)N(C)C=O. The number of hydrogen-bond acceptors (Lipinski definition) is 3. The molecule has 1 amide bonds. The summed E-state index contributed by atoms with van der Waals surface area (Å²) in [4.78, 5) is 17.0. The van der Waals surface area contributed by atoms with Crippen molar-refractivity contribution in [3.8, 4) is 5.75 Å². The van der Waals surface area contributed by atoms with Crippen LogP contribution >= 0.6 is 11.6 Å². The van der Waals surface area contributed by atoms with Crippen LogP contribution in [-0.2, 0) is 4.79 Å². The first-order valence-electron chi connectivity index (χ1n) is 9.25. The van der Waals surface area contributed by atoms with Crippen molar-refractivity contribution in [2.45, 2.75) is 57.9 Å². The minimum Gasteiger partial charge on any atom is -0.491 e. The summed E-state index contributed by atoms with van der Waals surface area (Å²) in [5, 5.41) is 0.642. The summed E-state index contributed by atoms with van der Waals surface area (Å²) in [6, 6.07) is 5.61. The van der Waals surface area contributed by atoms with Crippen molar-refractivity contribution in [2.24, 2.45) is 16.6 Å². The summed E-state index contributed by atoms with van der Waals surface area (Å²) in [6.07, 6.45) is 7.83. The zero-order valence-corrected chi connectivity index (χ0v) is 16.8. The number of rotatable bonds is 7. The minimum absolute atomic E-state index is 0.213. The summed E-state index contributed by atoms with van der Waals surface area (Å²) in [7, 11) is 1.61. The Bertz CT molecular complexity index is 644. The fraction of sp³-hybridized carbons (Fsp3) is 0.600. The summed E-state index contributed by atoms with van der Waals surface area (Å²) in [6.45, 7) is 4.42. The minimum atomic E-state index is -0.502. The third-order valence-corrected chi connectivity index (χ3v) is 5.28. The zero-order valence-electron chi connectivity index (χ0n) is 16.0. The van der Waals surface area contributed by atoms with Gasteiger partial charge in [-0.25, -0.2) is 4.99 Å². The number of nitrogens with two attached hydrogens (primary N) is 1. The van der Waals surface area contributed by atoms with Crippen LogP contribution in [0.3, 0.4) is 0 Å². The monoisotopic (exact) mass is 379 g/mol. The van der Waals surface area contributed by atoms with Gasteiger partial charge >= 0.3 is 0 Å². The normalized spacial score (nSPS) is 18.2. The van der Waals surface area contributed by atoms with E-state index >= 15 is 0 Å². The Morgan fingerprint density at radius 3 is 2.77 bits per heavy atom. The van der Waals surface area contributed by atoms with Gasteiger partial charge in [-0.1, -0.05) is 49.8 Å². The van der Waals surface area contributed by atoms with Gasteiger partial charge in [0.25, 0.3) is 0 Å². The predicted octanol–water partition coefficient (Wildman–Crippen LogP) is 4.16. The Kier molecular flexibility index (Phi) is 7.33. The molecule has 1 atom stereocenters. The van der Waals surface area contributed by atoms with Gasteiger partial charge in [-0.15, -0.1) is 0 Å². The van der Waals surface area contributed by atoms with Crippen LogP contribution in [0.5, 0.6) is 5.75 Å². The van der Waals surface area contributed by atoms with Crippen LogP contribution in [-0.4, -0.2) is 36.5 Å². The number of carbonyl (C=O) groups excluding carboxylic acids is 1. The maximum atomic E-state index is 11.0. The van der Waals surface area contributed by atoms with Crippen molar-refractivity contribution in [1.82, 2.24) is 4.90 Å². The molecule has 2 rings (SSSR count). The molecule has 1 fully saturated rings. The second kappa shape index (κ2) is 9.26. The van der Waals surface area contributed by atoms with Gasteiger partial charge in [0.15, 0.2) is 5.96 Å². The second-order valence-electron chi connectivity index (χ2n) is 7.59. The summed E-state index contributed by atoms with van der Waals surface area (Å²) in [5.74, 6) is 1.57. The largest absolute Gasteiger partial charge is 0.491 e. The van der Waals surface area contributed by atoms with Crippen LogP contribution < -0.4 is 10.5 Å². The third kappa shape index (κ3) is 5.90. The van der Waals surface area contributed by atoms with Gasteiger partial charge in [0.05, 0.1) is 5.54 Å². The molecule has 0 heterocycles. The molecule has 26 heavy (non-hydrogen) atoms. The summed E-state index contributed by atoms with van der Waals surface area (Å²) in [5.41, 5.74) is 6.53. The number of halogens is 1. The Labute approximate surface area is 161 Å². The zero-order chi connectivity index (χ0) is 19.2. The van der Waals surface area contributed by atoms with Gasteiger partial charge < -0.3 is 10.5 Å². The first-order chi connectivity index (χ1) is 12.3. The highest BCUT2D eigenvalue weighted by molar-refractivity contribution is 6.30. The van der Waals surface area contributed by atoms with Crippen LogP contribution in [0.25, 0.3) is 0 Å². The van der Waals surface area contributed by atoms with Crippen molar-refractivity contribution >= 4 is 24.0 Å². The Balaban J connectivity index is 2.18. The van der Waals surface area contributed by atoms with Crippen molar-refractivity contribution in [1.29, 1.82) is 0 Å². The van der Waals surface area contributed by atoms with Gasteiger partial charge in [0, 0.05) is 12.1 Å². The Morgan fingerprint density at radius 2 is 2.12 bits per heavy atom. The van der Waals surface area contributed by atoms with Crippen molar-refractivity contribution in [3.63, 3.8) is 0 Å². The van der Waals surface area contributed by atoms with Crippen LogP contribution in [0.2, 0.25) is 5.02 Å². The molecular formula is C20H30ClN3O2. The molecular weight excluding hydrogens is 350 g/mol. The first kappa shape index (κ1) is 20.6. The topological polar surface area (TPSA) is 67.9 Å². The molecule has 0 saturated heterocycles. The van der Waals surface area contributed by atoms with E-state index in [1.807, 2.05) is 32.0 Å². The lowest BCUT2D eigenvalue weighted by atomic mass is 9.80. The maximum Gasteiger partial charge on any atom is 0.216 e. The third-order valence-electron chi connectivity index (χ3n) is 5.05. The highest BCUT2D eigenvalue weighted by Crippen LogP contribution is 2.33. The number of ether oxygens (including phenoxy) is 1. The van der Waals surface area contributed by atoms with Gasteiger partial charge in [-0.3, -0.25) is 9.69 Å². The van der Waals surface area contributed by atoms with Crippen LogP contribution in [0.4, 0.5) is 0 Å². The fourth-order valence-electron chi connectivity index (χ4n) is 3.52. The molecule has 1 aromatic carbocycles. The van der Waals surface area contributed by atoms with E-state index in [0.29, 0.717) is 24.0 Å². The fourth-order valence-corrected chi connectivity index (χ4v) is 3.68. The summed E-state index contributed by atoms with van der Waals surface area (Å²) < 4.78 is 6.08. The van der Waals surface area contributed by atoms with E-state index in [2.05, 4.69) is 4.99 Å². The molecule has 1 saturated carbocycles. The standard InChI is InChI=1S/C20H30ClN3O2/c1-15-9-10-17(21)11-18(15)26-13-20(2,23-19(22)24(3)14-25)12-16-7-5-4-6-8-16/h9-11,14,16H,4-8,12-13H2,1-3H3,(H2,22,23). The van der Waals surface area contributed by atoms with E-state index in [1.165, 1.54) is 37.0 Å². The number of aryl methyl sites for hydroxylation is 1. The van der Waals surface area contributed by atoms with Crippen molar-refractivity contribution in [2.75, 3.05) is 13.7 Å². The Hall–Kier alpha value is -1.75. The highest BCUT2D eigenvalue weighted by Gasteiger charge is 2.30. The molecule has 6 heteroatoms. The Morgan fingerprint density at radius 1 is 1.42 bits per heavy atom. The smallest absolute Gasteiger partial charge is 0.216 e. The first-order valence-corrected chi connectivity index (χ1v) is 9.63. The molecule has 1 aliphatic rings. The van der Waals surface area contributed by atoms with Gasteiger partial charge in [0.1, 0.15) is 12.4 Å². The maximum absolute atomic E-state index is 11.0. The van der Waals surface area contributed by atoms with Gasteiger partial charge in [0.2, 0.25) is 6.41 Å². The molecule has 0 radical (unpaired) electrons. The molecule has 0 spiro atoms. The van der Waals surface area contributed by atoms with Crippen LogP contribution in [0, 0.1) is 12.8 Å². The summed E-state index contributed by atoms with van der Waals surface area (Å²) >= 11 is 6.09. The van der Waals surface area contributed by atoms with E-state index in [9.17, 15) is 4.79 Å². The van der Waals surface area contributed by atoms with Gasteiger partial charge in [-0.2, -0.15) is 0 Å². The number of hydrogen-bond donors (Lipinski definition) is 1. The molecule has 2 N–H and O–H groups in total. The van der Waals surface area contributed by atoms with E-state index < -0.39 is 5.54 Å². The number of guanidine groups is 1. The average Bonchev–Trinajstić information content (AvgIpc) is 2.62. The van der Waals surface area contributed by atoms with Crippen molar-refractivity contribution < 1.29 is 9.53 Å². The number of carbonyl (C=O) groups is 1. The van der Waals surface area contributed by atoms with Crippen LogP contribution in [0.15, 0.2) is 23.2 Å². The second-order valence-corrected chi connectivity index (χ2v) is 8.03. The molecule has 0 aromatic heterocycles. The van der Waals surface area contributed by atoms with Crippen LogP contribution in [0.1, 0.15) is 51.0 Å². The molecule has 0 aliphatic heterocycles. The molecule has 0 bridgehead atoms. The number of amides is 1. The lowest BCUT2D eigenvalue weighted by molar-refractivity contribution is -0.114. The number of aliphatic imine (C=N–C) groups is 1. The van der Waals surface area contributed by atoms with E-state index in [4.69, 9.17) is 22.1 Å². The number of benzene rings is 1. The highest BCUT2D eigenvalue weighted by atomic mass is 35.5. The predicted molar refractivity (Wildman–Crippen MR) is 107 cm³/mol. The lowest BCUT2D eigenvalue weighted by Crippen LogP contribution is -2.41. The van der Waals surface area contributed by atoms with E-state index in [-0.39, 0.29) is 5.96 Å². The van der Waals surface area contributed by atoms with E-state index in [1.54, 1.807) is 7.05 Å². The molecule has 5 nitrogen and oxygen atoms in total. The lowest BCUT2D eigenvalue weighted by Gasteiger charge is -2.32. The van der Waals surface area contributed by atoms with E-state index in [0.717, 1.165) is 17.7 Å². The van der Waals surface area contributed by atoms with Gasteiger partial charge in [-0.05, 0) is 43.9 Å².